The molecular formula is C14H15NOS. The van der Waals surface area contributed by atoms with E-state index in [0.717, 1.165) is 5.56 Å². The lowest BCUT2D eigenvalue weighted by molar-refractivity contribution is 0.0940. The largest absolute Gasteiger partial charge is 0.345 e. The fourth-order valence-corrected chi connectivity index (χ4v) is 2.41. The Balaban J connectivity index is 2.07. The lowest BCUT2D eigenvalue weighted by Crippen LogP contribution is -2.26. The molecule has 88 valence electrons. The van der Waals surface area contributed by atoms with Gasteiger partial charge in [-0.05, 0) is 37.4 Å². The molecular weight excluding hydrogens is 230 g/mol. The van der Waals surface area contributed by atoms with Crippen LogP contribution in [0.15, 0.2) is 41.8 Å². The maximum absolute atomic E-state index is 12.0. The molecule has 0 spiro atoms. The Morgan fingerprint density at radius 3 is 2.76 bits per heavy atom. The zero-order valence-electron chi connectivity index (χ0n) is 9.94. The summed E-state index contributed by atoms with van der Waals surface area (Å²) in [7, 11) is 0. The molecule has 0 saturated carbocycles. The second-order valence-electron chi connectivity index (χ2n) is 4.08. The third-order valence-electron chi connectivity index (χ3n) is 2.60. The Hall–Kier alpha value is -1.61. The van der Waals surface area contributed by atoms with Crippen molar-refractivity contribution >= 4 is 17.2 Å². The van der Waals surface area contributed by atoms with Gasteiger partial charge in [0.1, 0.15) is 0 Å². The van der Waals surface area contributed by atoms with Crippen molar-refractivity contribution in [1.29, 1.82) is 0 Å². The van der Waals surface area contributed by atoms with Crippen molar-refractivity contribution in [3.05, 3.63) is 57.8 Å². The molecule has 0 saturated heterocycles. The van der Waals surface area contributed by atoms with Gasteiger partial charge in [-0.2, -0.15) is 0 Å². The predicted octanol–water partition coefficient (Wildman–Crippen LogP) is 3.55. The van der Waals surface area contributed by atoms with Crippen LogP contribution < -0.4 is 5.32 Å². The third-order valence-corrected chi connectivity index (χ3v) is 3.65. The summed E-state index contributed by atoms with van der Waals surface area (Å²) in [4.78, 5) is 13.2. The van der Waals surface area contributed by atoms with Gasteiger partial charge in [-0.25, -0.2) is 0 Å². The average Bonchev–Trinajstić information content (AvgIpc) is 2.82. The van der Waals surface area contributed by atoms with Crippen LogP contribution in [-0.2, 0) is 0 Å². The number of carbonyl (C=O) groups excluding carboxylic acids is 1. The summed E-state index contributed by atoms with van der Waals surface area (Å²) in [6, 6.07) is 11.7. The first-order chi connectivity index (χ1) is 8.16. The van der Waals surface area contributed by atoms with Gasteiger partial charge in [0.2, 0.25) is 0 Å². The van der Waals surface area contributed by atoms with E-state index in [4.69, 9.17) is 0 Å². The predicted molar refractivity (Wildman–Crippen MR) is 71.4 cm³/mol. The monoisotopic (exact) mass is 245 g/mol. The molecule has 1 aromatic heterocycles. The minimum Gasteiger partial charge on any atom is -0.345 e. The molecule has 1 amide bonds. The minimum absolute atomic E-state index is 0.0189. The van der Waals surface area contributed by atoms with E-state index in [2.05, 4.69) is 5.32 Å². The molecule has 2 aromatic rings. The van der Waals surface area contributed by atoms with Crippen LogP contribution in [0.1, 0.15) is 33.8 Å². The topological polar surface area (TPSA) is 29.1 Å². The maximum atomic E-state index is 12.0. The third kappa shape index (κ3) is 2.94. The molecule has 17 heavy (non-hydrogen) atoms. The number of hydrogen-bond acceptors (Lipinski definition) is 2. The molecule has 2 rings (SSSR count). The quantitative estimate of drug-likeness (QED) is 0.880. The SMILES string of the molecule is Cc1cccc(C(=O)N[C@@H](C)c2cccs2)c1. The van der Waals surface area contributed by atoms with Crippen LogP contribution in [0.4, 0.5) is 0 Å². The first-order valence-electron chi connectivity index (χ1n) is 5.58. The molecule has 0 bridgehead atoms. The van der Waals surface area contributed by atoms with Gasteiger partial charge in [0.15, 0.2) is 0 Å². The van der Waals surface area contributed by atoms with Crippen LogP contribution in [0.2, 0.25) is 0 Å². The normalized spacial score (nSPS) is 12.1. The Bertz CT molecular complexity index is 505. The molecule has 1 aromatic carbocycles. The fraction of sp³-hybridized carbons (Fsp3) is 0.214. The fourth-order valence-electron chi connectivity index (χ4n) is 1.68. The van der Waals surface area contributed by atoms with Crippen LogP contribution in [0, 0.1) is 6.92 Å². The van der Waals surface area contributed by atoms with Gasteiger partial charge in [0.05, 0.1) is 6.04 Å². The van der Waals surface area contributed by atoms with Gasteiger partial charge in [-0.3, -0.25) is 4.79 Å². The molecule has 3 heteroatoms. The van der Waals surface area contributed by atoms with E-state index in [0.29, 0.717) is 5.56 Å². The highest BCUT2D eigenvalue weighted by atomic mass is 32.1. The van der Waals surface area contributed by atoms with Gasteiger partial charge in [-0.15, -0.1) is 11.3 Å². The number of rotatable bonds is 3. The second-order valence-corrected chi connectivity index (χ2v) is 5.06. The standard InChI is InChI=1S/C14H15NOS/c1-10-5-3-6-12(9-10)14(16)15-11(2)13-7-4-8-17-13/h3-9,11H,1-2H3,(H,15,16)/t11-/m0/s1. The highest BCUT2D eigenvalue weighted by molar-refractivity contribution is 7.10. The summed E-state index contributed by atoms with van der Waals surface area (Å²) in [6.07, 6.45) is 0. The van der Waals surface area contributed by atoms with Crippen molar-refractivity contribution in [2.45, 2.75) is 19.9 Å². The van der Waals surface area contributed by atoms with Crippen molar-refractivity contribution in [1.82, 2.24) is 5.32 Å². The molecule has 0 aliphatic carbocycles. The number of hydrogen-bond donors (Lipinski definition) is 1. The molecule has 1 atom stereocenters. The van der Waals surface area contributed by atoms with Gasteiger partial charge >= 0.3 is 0 Å². The Morgan fingerprint density at radius 1 is 1.29 bits per heavy atom. The van der Waals surface area contributed by atoms with E-state index >= 15 is 0 Å². The number of aryl methyl sites for hydroxylation is 1. The van der Waals surface area contributed by atoms with Gasteiger partial charge in [0, 0.05) is 10.4 Å². The summed E-state index contributed by atoms with van der Waals surface area (Å²) in [5, 5.41) is 5.02. The van der Waals surface area contributed by atoms with Crippen LogP contribution in [-0.4, -0.2) is 5.91 Å². The molecule has 0 aliphatic rings. The summed E-state index contributed by atoms with van der Waals surface area (Å²) in [5.41, 5.74) is 1.81. The summed E-state index contributed by atoms with van der Waals surface area (Å²) in [5.74, 6) is -0.0189. The van der Waals surface area contributed by atoms with E-state index in [-0.39, 0.29) is 11.9 Å². The van der Waals surface area contributed by atoms with E-state index in [1.807, 2.05) is 55.6 Å². The van der Waals surface area contributed by atoms with Crippen LogP contribution in [0.5, 0.6) is 0 Å². The Kier molecular flexibility index (Phi) is 3.59. The van der Waals surface area contributed by atoms with Crippen LogP contribution >= 0.6 is 11.3 Å². The highest BCUT2D eigenvalue weighted by Gasteiger charge is 2.11. The second kappa shape index (κ2) is 5.15. The first kappa shape index (κ1) is 11.9. The molecule has 0 radical (unpaired) electrons. The molecule has 1 N–H and O–H groups in total. The number of thiophene rings is 1. The van der Waals surface area contributed by atoms with Crippen molar-refractivity contribution < 1.29 is 4.79 Å². The van der Waals surface area contributed by atoms with Crippen molar-refractivity contribution in [2.24, 2.45) is 0 Å². The minimum atomic E-state index is -0.0189. The number of benzene rings is 1. The highest BCUT2D eigenvalue weighted by Crippen LogP contribution is 2.18. The Labute approximate surface area is 105 Å². The van der Waals surface area contributed by atoms with Gasteiger partial charge in [0.25, 0.3) is 5.91 Å². The Morgan fingerprint density at radius 2 is 2.12 bits per heavy atom. The lowest BCUT2D eigenvalue weighted by Gasteiger charge is -2.12. The van der Waals surface area contributed by atoms with E-state index in [9.17, 15) is 4.79 Å². The van der Waals surface area contributed by atoms with E-state index in [1.54, 1.807) is 11.3 Å². The van der Waals surface area contributed by atoms with Crippen molar-refractivity contribution in [3.8, 4) is 0 Å². The van der Waals surface area contributed by atoms with Gasteiger partial charge < -0.3 is 5.32 Å². The van der Waals surface area contributed by atoms with Crippen LogP contribution in [0.3, 0.4) is 0 Å². The molecule has 2 nitrogen and oxygen atoms in total. The zero-order valence-corrected chi connectivity index (χ0v) is 10.8. The van der Waals surface area contributed by atoms with Crippen LogP contribution in [0.25, 0.3) is 0 Å². The summed E-state index contributed by atoms with van der Waals surface area (Å²) < 4.78 is 0. The molecule has 0 unspecified atom stereocenters. The van der Waals surface area contributed by atoms with E-state index < -0.39 is 0 Å². The maximum Gasteiger partial charge on any atom is 0.251 e. The lowest BCUT2D eigenvalue weighted by atomic mass is 10.1. The van der Waals surface area contributed by atoms with Crippen molar-refractivity contribution in [2.75, 3.05) is 0 Å². The number of nitrogens with one attached hydrogen (secondary N) is 1. The number of amides is 1. The average molecular weight is 245 g/mol. The van der Waals surface area contributed by atoms with E-state index in [1.165, 1.54) is 4.88 Å². The molecule has 0 aliphatic heterocycles. The first-order valence-corrected chi connectivity index (χ1v) is 6.46. The summed E-state index contributed by atoms with van der Waals surface area (Å²) in [6.45, 7) is 3.99. The number of carbonyl (C=O) groups is 1. The molecule has 1 heterocycles. The van der Waals surface area contributed by atoms with Gasteiger partial charge in [-0.1, -0.05) is 23.8 Å². The van der Waals surface area contributed by atoms with Crippen molar-refractivity contribution in [3.63, 3.8) is 0 Å². The molecule has 0 fully saturated rings. The zero-order chi connectivity index (χ0) is 12.3. The summed E-state index contributed by atoms with van der Waals surface area (Å²) >= 11 is 1.66. The smallest absolute Gasteiger partial charge is 0.251 e.